The monoisotopic (exact) mass is 279 g/mol. The molecular weight excluding hydrogens is 261 g/mol. The Morgan fingerprint density at radius 2 is 1.80 bits per heavy atom. The highest BCUT2D eigenvalue weighted by Gasteiger charge is 2.52. The zero-order valence-electron chi connectivity index (χ0n) is 11.5. The van der Waals surface area contributed by atoms with Crippen LogP contribution in [0.4, 0.5) is 4.39 Å². The van der Waals surface area contributed by atoms with Gasteiger partial charge in [-0.1, -0.05) is 26.0 Å². The molecule has 4 nitrogen and oxygen atoms in total. The maximum atomic E-state index is 12.9. The van der Waals surface area contributed by atoms with Crippen LogP contribution in [0, 0.1) is 11.7 Å². The lowest BCUT2D eigenvalue weighted by molar-refractivity contribution is -0.143. The summed E-state index contributed by atoms with van der Waals surface area (Å²) >= 11 is 0. The Kier molecular flexibility index (Phi) is 3.79. The van der Waals surface area contributed by atoms with Crippen LogP contribution in [-0.2, 0) is 15.0 Å². The lowest BCUT2D eigenvalue weighted by Gasteiger charge is -2.22. The highest BCUT2D eigenvalue weighted by Crippen LogP contribution is 2.48. The van der Waals surface area contributed by atoms with Crippen LogP contribution in [0.25, 0.3) is 0 Å². The Labute approximate surface area is 117 Å². The van der Waals surface area contributed by atoms with Crippen LogP contribution in [0.1, 0.15) is 32.3 Å². The van der Waals surface area contributed by atoms with E-state index < -0.39 is 17.4 Å². The van der Waals surface area contributed by atoms with E-state index in [1.165, 1.54) is 12.1 Å². The van der Waals surface area contributed by atoms with E-state index in [1.807, 2.05) is 0 Å². The quantitative estimate of drug-likeness (QED) is 0.867. The number of halogens is 1. The molecule has 0 bridgehead atoms. The summed E-state index contributed by atoms with van der Waals surface area (Å²) in [5, 5.41) is 11.7. The standard InChI is InChI=1S/C15H18FNO3/c1-9(2)12(13(18)19)17-14(20)15(7-8-15)10-3-5-11(16)6-4-10/h3-6,9,12H,7-8H2,1-2H3,(H,17,20)(H,18,19)/t12-/m1/s1. The number of carboxylic acids is 1. The van der Waals surface area contributed by atoms with Crippen molar-refractivity contribution in [1.29, 1.82) is 0 Å². The van der Waals surface area contributed by atoms with Gasteiger partial charge in [-0.15, -0.1) is 0 Å². The molecule has 2 rings (SSSR count). The van der Waals surface area contributed by atoms with Gasteiger partial charge in [-0.05, 0) is 36.5 Å². The lowest BCUT2D eigenvalue weighted by atomic mass is 9.93. The number of amides is 1. The largest absolute Gasteiger partial charge is 0.480 e. The summed E-state index contributed by atoms with van der Waals surface area (Å²) in [5.74, 6) is -1.87. The molecule has 1 aliphatic rings. The summed E-state index contributed by atoms with van der Waals surface area (Å²) in [7, 11) is 0. The highest BCUT2D eigenvalue weighted by molar-refractivity contribution is 5.94. The molecule has 108 valence electrons. The fourth-order valence-electron chi connectivity index (χ4n) is 2.33. The predicted octanol–water partition coefficient (Wildman–Crippen LogP) is 2.08. The zero-order chi connectivity index (χ0) is 14.9. The van der Waals surface area contributed by atoms with Crippen LogP contribution >= 0.6 is 0 Å². The molecule has 1 aromatic carbocycles. The smallest absolute Gasteiger partial charge is 0.326 e. The Hall–Kier alpha value is -1.91. The number of aliphatic carboxylic acids is 1. The molecule has 0 heterocycles. The zero-order valence-corrected chi connectivity index (χ0v) is 11.5. The highest BCUT2D eigenvalue weighted by atomic mass is 19.1. The van der Waals surface area contributed by atoms with Crippen LogP contribution in [0.2, 0.25) is 0 Å². The van der Waals surface area contributed by atoms with E-state index in [0.717, 1.165) is 5.56 Å². The summed E-state index contributed by atoms with van der Waals surface area (Å²) in [6, 6.07) is 4.92. The minimum absolute atomic E-state index is 0.194. The number of benzene rings is 1. The molecule has 20 heavy (non-hydrogen) atoms. The van der Waals surface area contributed by atoms with E-state index in [4.69, 9.17) is 5.11 Å². The van der Waals surface area contributed by atoms with Crippen molar-refractivity contribution in [3.05, 3.63) is 35.6 Å². The fraction of sp³-hybridized carbons (Fsp3) is 0.467. The van der Waals surface area contributed by atoms with Gasteiger partial charge in [0.05, 0.1) is 5.41 Å². The van der Waals surface area contributed by atoms with Crippen molar-refractivity contribution in [3.63, 3.8) is 0 Å². The summed E-state index contributed by atoms with van der Waals surface area (Å²) in [6.07, 6.45) is 1.32. The van der Waals surface area contributed by atoms with Crippen molar-refractivity contribution in [1.82, 2.24) is 5.32 Å². The first kappa shape index (κ1) is 14.5. The summed E-state index contributed by atoms with van der Waals surface area (Å²) in [5.41, 5.74) is 0.0559. The molecule has 0 unspecified atom stereocenters. The first-order valence-corrected chi connectivity index (χ1v) is 6.66. The van der Waals surface area contributed by atoms with Gasteiger partial charge in [-0.3, -0.25) is 4.79 Å². The number of carbonyl (C=O) groups is 2. The predicted molar refractivity (Wildman–Crippen MR) is 71.7 cm³/mol. The van der Waals surface area contributed by atoms with Gasteiger partial charge in [0.25, 0.3) is 0 Å². The molecule has 5 heteroatoms. The Morgan fingerprint density at radius 1 is 1.25 bits per heavy atom. The Morgan fingerprint density at radius 3 is 2.20 bits per heavy atom. The van der Waals surface area contributed by atoms with E-state index in [9.17, 15) is 14.0 Å². The number of nitrogens with one attached hydrogen (secondary N) is 1. The van der Waals surface area contributed by atoms with Crippen LogP contribution in [-0.4, -0.2) is 23.0 Å². The minimum Gasteiger partial charge on any atom is -0.480 e. The van der Waals surface area contributed by atoms with E-state index in [2.05, 4.69) is 5.32 Å². The summed E-state index contributed by atoms with van der Waals surface area (Å²) < 4.78 is 12.9. The Balaban J connectivity index is 2.16. The minimum atomic E-state index is -1.04. The van der Waals surface area contributed by atoms with Crippen molar-refractivity contribution in [2.75, 3.05) is 0 Å². The number of rotatable bonds is 5. The van der Waals surface area contributed by atoms with E-state index in [1.54, 1.807) is 26.0 Å². The van der Waals surface area contributed by atoms with Crippen molar-refractivity contribution in [3.8, 4) is 0 Å². The lowest BCUT2D eigenvalue weighted by Crippen LogP contribution is -2.48. The molecule has 1 aromatic rings. The average molecular weight is 279 g/mol. The second kappa shape index (κ2) is 5.23. The van der Waals surface area contributed by atoms with Crippen molar-refractivity contribution < 1.29 is 19.1 Å². The topological polar surface area (TPSA) is 66.4 Å². The molecule has 1 amide bonds. The molecule has 1 aliphatic carbocycles. The molecule has 2 N–H and O–H groups in total. The molecule has 0 radical (unpaired) electrons. The van der Waals surface area contributed by atoms with E-state index in [-0.39, 0.29) is 17.6 Å². The number of carbonyl (C=O) groups excluding carboxylic acids is 1. The second-order valence-corrected chi connectivity index (χ2v) is 5.62. The third-order valence-corrected chi connectivity index (χ3v) is 3.80. The molecule has 0 aliphatic heterocycles. The van der Waals surface area contributed by atoms with Gasteiger partial charge in [0, 0.05) is 0 Å². The van der Waals surface area contributed by atoms with Gasteiger partial charge in [-0.2, -0.15) is 0 Å². The molecule has 1 saturated carbocycles. The number of carboxylic acid groups (broad SMARTS) is 1. The first-order valence-electron chi connectivity index (χ1n) is 6.66. The number of hydrogen-bond acceptors (Lipinski definition) is 2. The summed E-state index contributed by atoms with van der Waals surface area (Å²) in [4.78, 5) is 23.5. The van der Waals surface area contributed by atoms with Gasteiger partial charge < -0.3 is 10.4 Å². The second-order valence-electron chi connectivity index (χ2n) is 5.62. The normalized spacial score (nSPS) is 17.6. The molecule has 0 saturated heterocycles. The van der Waals surface area contributed by atoms with E-state index >= 15 is 0 Å². The SMILES string of the molecule is CC(C)[C@@H](NC(=O)C1(c2ccc(F)cc2)CC1)C(=O)O. The van der Waals surface area contributed by atoms with E-state index in [0.29, 0.717) is 12.8 Å². The van der Waals surface area contributed by atoms with Crippen molar-refractivity contribution >= 4 is 11.9 Å². The van der Waals surface area contributed by atoms with Gasteiger partial charge in [-0.25, -0.2) is 9.18 Å². The van der Waals surface area contributed by atoms with Gasteiger partial charge in [0.1, 0.15) is 11.9 Å². The molecule has 1 atom stereocenters. The maximum Gasteiger partial charge on any atom is 0.326 e. The van der Waals surface area contributed by atoms with Gasteiger partial charge in [0.2, 0.25) is 5.91 Å². The number of hydrogen-bond donors (Lipinski definition) is 2. The third kappa shape index (κ3) is 2.66. The molecular formula is C15H18FNO3. The van der Waals surface area contributed by atoms with Crippen molar-refractivity contribution in [2.24, 2.45) is 5.92 Å². The first-order chi connectivity index (χ1) is 9.36. The van der Waals surface area contributed by atoms with Gasteiger partial charge in [0.15, 0.2) is 0 Å². The molecule has 1 fully saturated rings. The van der Waals surface area contributed by atoms with Crippen LogP contribution < -0.4 is 5.32 Å². The maximum absolute atomic E-state index is 12.9. The Bertz CT molecular complexity index is 520. The third-order valence-electron chi connectivity index (χ3n) is 3.80. The van der Waals surface area contributed by atoms with Crippen LogP contribution in [0.5, 0.6) is 0 Å². The fourth-order valence-corrected chi connectivity index (χ4v) is 2.33. The molecule has 0 spiro atoms. The average Bonchev–Trinajstić information content (AvgIpc) is 3.17. The molecule has 0 aromatic heterocycles. The van der Waals surface area contributed by atoms with Crippen molar-refractivity contribution in [2.45, 2.75) is 38.1 Å². The summed E-state index contributed by atoms with van der Waals surface area (Å²) in [6.45, 7) is 3.49. The van der Waals surface area contributed by atoms with Crippen LogP contribution in [0.3, 0.4) is 0 Å². The van der Waals surface area contributed by atoms with Crippen LogP contribution in [0.15, 0.2) is 24.3 Å². The van der Waals surface area contributed by atoms with Gasteiger partial charge >= 0.3 is 5.97 Å².